The molecule has 2 heteroatoms. The van der Waals surface area contributed by atoms with Crippen LogP contribution >= 0.6 is 0 Å². The Balaban J connectivity index is 2.37. The molecule has 0 saturated heterocycles. The van der Waals surface area contributed by atoms with Crippen molar-refractivity contribution >= 4 is 0 Å². The van der Waals surface area contributed by atoms with E-state index in [0.717, 1.165) is 30.1 Å². The predicted octanol–water partition coefficient (Wildman–Crippen LogP) is 3.97. The van der Waals surface area contributed by atoms with Crippen molar-refractivity contribution in [1.29, 1.82) is 0 Å². The molecule has 1 aromatic carbocycles. The second-order valence-corrected chi connectivity index (χ2v) is 5.26. The largest absolute Gasteiger partial charge is 0.313 e. The Morgan fingerprint density at radius 3 is 2.29 bits per heavy atom. The van der Waals surface area contributed by atoms with Gasteiger partial charge in [-0.25, -0.2) is 4.39 Å². The standard InChI is InChI=1S/C15H24FN/c1-11(2)6-5-7-17-10-14-8-12(3)15(16)13(4)9-14/h8-9,11,17H,5-7,10H2,1-4H3. The smallest absolute Gasteiger partial charge is 0.129 e. The van der Waals surface area contributed by atoms with Crippen LogP contribution in [0.4, 0.5) is 4.39 Å². The summed E-state index contributed by atoms with van der Waals surface area (Å²) >= 11 is 0. The van der Waals surface area contributed by atoms with Crippen molar-refractivity contribution in [1.82, 2.24) is 5.32 Å². The minimum absolute atomic E-state index is 0.0754. The van der Waals surface area contributed by atoms with E-state index in [-0.39, 0.29) is 5.82 Å². The monoisotopic (exact) mass is 237 g/mol. The van der Waals surface area contributed by atoms with Gasteiger partial charge in [0.2, 0.25) is 0 Å². The first kappa shape index (κ1) is 14.2. The van der Waals surface area contributed by atoms with Gasteiger partial charge in [-0.15, -0.1) is 0 Å². The maximum atomic E-state index is 13.4. The van der Waals surface area contributed by atoms with Crippen molar-refractivity contribution in [2.75, 3.05) is 6.54 Å². The van der Waals surface area contributed by atoms with Crippen LogP contribution in [0.25, 0.3) is 0 Å². The Hall–Kier alpha value is -0.890. The minimum atomic E-state index is -0.0754. The second kappa shape index (κ2) is 6.75. The van der Waals surface area contributed by atoms with Gasteiger partial charge in [-0.3, -0.25) is 0 Å². The maximum Gasteiger partial charge on any atom is 0.129 e. The van der Waals surface area contributed by atoms with Gasteiger partial charge in [-0.05, 0) is 55.8 Å². The summed E-state index contributed by atoms with van der Waals surface area (Å²) in [7, 11) is 0. The zero-order chi connectivity index (χ0) is 12.8. The Morgan fingerprint density at radius 1 is 1.18 bits per heavy atom. The third kappa shape index (κ3) is 4.86. The molecule has 0 saturated carbocycles. The predicted molar refractivity (Wildman–Crippen MR) is 71.7 cm³/mol. The molecule has 1 aromatic rings. The van der Waals surface area contributed by atoms with E-state index in [1.807, 2.05) is 26.0 Å². The van der Waals surface area contributed by atoms with Crippen molar-refractivity contribution in [3.63, 3.8) is 0 Å². The molecular formula is C15H24FN. The highest BCUT2D eigenvalue weighted by atomic mass is 19.1. The van der Waals surface area contributed by atoms with Gasteiger partial charge in [0.25, 0.3) is 0 Å². The molecule has 17 heavy (non-hydrogen) atoms. The topological polar surface area (TPSA) is 12.0 Å². The van der Waals surface area contributed by atoms with E-state index in [1.165, 1.54) is 18.4 Å². The molecule has 0 unspecified atom stereocenters. The number of benzene rings is 1. The summed E-state index contributed by atoms with van der Waals surface area (Å²) in [6.07, 6.45) is 2.46. The van der Waals surface area contributed by atoms with Crippen LogP contribution in [0, 0.1) is 25.6 Å². The van der Waals surface area contributed by atoms with E-state index in [2.05, 4.69) is 19.2 Å². The van der Waals surface area contributed by atoms with Crippen molar-refractivity contribution in [3.05, 3.63) is 34.6 Å². The van der Waals surface area contributed by atoms with Crippen LogP contribution in [-0.2, 0) is 6.54 Å². The van der Waals surface area contributed by atoms with E-state index in [0.29, 0.717) is 0 Å². The molecule has 0 amide bonds. The van der Waals surface area contributed by atoms with Crippen LogP contribution in [0.5, 0.6) is 0 Å². The SMILES string of the molecule is Cc1cc(CNCCCC(C)C)cc(C)c1F. The number of hydrogen-bond donors (Lipinski definition) is 1. The number of aryl methyl sites for hydroxylation is 2. The molecule has 0 bridgehead atoms. The van der Waals surface area contributed by atoms with E-state index in [4.69, 9.17) is 0 Å². The summed E-state index contributed by atoms with van der Waals surface area (Å²) in [5.41, 5.74) is 2.65. The zero-order valence-corrected chi connectivity index (χ0v) is 11.4. The van der Waals surface area contributed by atoms with Gasteiger partial charge in [0, 0.05) is 6.54 Å². The lowest BCUT2D eigenvalue weighted by Gasteiger charge is -2.09. The molecule has 0 aliphatic carbocycles. The summed E-state index contributed by atoms with van der Waals surface area (Å²) in [6, 6.07) is 3.86. The summed E-state index contributed by atoms with van der Waals surface area (Å²) in [6.45, 7) is 10.0. The molecule has 0 aromatic heterocycles. The Labute approximate surface area is 104 Å². The van der Waals surface area contributed by atoms with Crippen LogP contribution in [-0.4, -0.2) is 6.54 Å². The number of nitrogens with one attached hydrogen (secondary N) is 1. The lowest BCUT2D eigenvalue weighted by Crippen LogP contribution is -2.15. The van der Waals surface area contributed by atoms with Gasteiger partial charge in [-0.2, -0.15) is 0 Å². The zero-order valence-electron chi connectivity index (χ0n) is 11.4. The molecule has 1 nitrogen and oxygen atoms in total. The van der Waals surface area contributed by atoms with Gasteiger partial charge in [0.05, 0.1) is 0 Å². The molecule has 1 rings (SSSR count). The second-order valence-electron chi connectivity index (χ2n) is 5.26. The molecule has 0 spiro atoms. The molecular weight excluding hydrogens is 213 g/mol. The molecule has 0 aliphatic heterocycles. The molecule has 0 atom stereocenters. The Morgan fingerprint density at radius 2 is 1.76 bits per heavy atom. The van der Waals surface area contributed by atoms with Gasteiger partial charge in [-0.1, -0.05) is 26.0 Å². The lowest BCUT2D eigenvalue weighted by atomic mass is 10.1. The fraction of sp³-hybridized carbons (Fsp3) is 0.600. The molecule has 0 heterocycles. The molecule has 96 valence electrons. The first-order valence-electron chi connectivity index (χ1n) is 6.47. The van der Waals surface area contributed by atoms with Crippen LogP contribution in [0.2, 0.25) is 0 Å². The highest BCUT2D eigenvalue weighted by Crippen LogP contribution is 2.14. The van der Waals surface area contributed by atoms with Crippen molar-refractivity contribution in [2.45, 2.75) is 47.1 Å². The lowest BCUT2D eigenvalue weighted by molar-refractivity contribution is 0.527. The van der Waals surface area contributed by atoms with Crippen LogP contribution < -0.4 is 5.32 Å². The van der Waals surface area contributed by atoms with Gasteiger partial charge in [0.1, 0.15) is 5.82 Å². The third-order valence-electron chi connectivity index (χ3n) is 2.96. The minimum Gasteiger partial charge on any atom is -0.313 e. The van der Waals surface area contributed by atoms with Gasteiger partial charge >= 0.3 is 0 Å². The Bertz CT molecular complexity index is 335. The third-order valence-corrected chi connectivity index (χ3v) is 2.96. The first-order chi connectivity index (χ1) is 8.00. The van der Waals surface area contributed by atoms with Crippen molar-refractivity contribution in [2.24, 2.45) is 5.92 Å². The average Bonchev–Trinajstić information content (AvgIpc) is 2.25. The summed E-state index contributed by atoms with van der Waals surface area (Å²) < 4.78 is 13.4. The van der Waals surface area contributed by atoms with Crippen LogP contribution in [0.1, 0.15) is 43.4 Å². The van der Waals surface area contributed by atoms with E-state index in [9.17, 15) is 4.39 Å². The molecule has 0 aliphatic rings. The van der Waals surface area contributed by atoms with E-state index < -0.39 is 0 Å². The van der Waals surface area contributed by atoms with Crippen molar-refractivity contribution in [3.8, 4) is 0 Å². The number of halogens is 1. The summed E-state index contributed by atoms with van der Waals surface area (Å²) in [5, 5.41) is 3.41. The average molecular weight is 237 g/mol. The molecule has 0 radical (unpaired) electrons. The maximum absolute atomic E-state index is 13.4. The molecule has 0 fully saturated rings. The quantitative estimate of drug-likeness (QED) is 0.738. The van der Waals surface area contributed by atoms with Crippen molar-refractivity contribution < 1.29 is 4.39 Å². The van der Waals surface area contributed by atoms with Crippen LogP contribution in [0.3, 0.4) is 0 Å². The van der Waals surface area contributed by atoms with Gasteiger partial charge < -0.3 is 5.32 Å². The molecule has 1 N–H and O–H groups in total. The van der Waals surface area contributed by atoms with Crippen LogP contribution in [0.15, 0.2) is 12.1 Å². The summed E-state index contributed by atoms with van der Waals surface area (Å²) in [4.78, 5) is 0. The highest BCUT2D eigenvalue weighted by Gasteiger charge is 2.03. The van der Waals surface area contributed by atoms with E-state index in [1.54, 1.807) is 0 Å². The number of rotatable bonds is 6. The summed E-state index contributed by atoms with van der Waals surface area (Å²) in [5.74, 6) is 0.695. The number of hydrogen-bond acceptors (Lipinski definition) is 1. The Kier molecular flexibility index (Phi) is 5.63. The normalized spacial score (nSPS) is 11.2. The van der Waals surface area contributed by atoms with E-state index >= 15 is 0 Å². The highest BCUT2D eigenvalue weighted by molar-refractivity contribution is 5.30. The fourth-order valence-electron chi connectivity index (χ4n) is 2.01. The first-order valence-corrected chi connectivity index (χ1v) is 6.47. The van der Waals surface area contributed by atoms with Gasteiger partial charge in [0.15, 0.2) is 0 Å². The fourth-order valence-corrected chi connectivity index (χ4v) is 2.01.